The van der Waals surface area contributed by atoms with E-state index in [0.29, 0.717) is 0 Å². The molecule has 0 saturated heterocycles. The van der Waals surface area contributed by atoms with Crippen LogP contribution in [0.5, 0.6) is 0 Å². The fraction of sp³-hybridized carbons (Fsp3) is 1.00. The highest BCUT2D eigenvalue weighted by molar-refractivity contribution is 4.89. The molecule has 15 heavy (non-hydrogen) atoms. The molecule has 0 amide bonds. The van der Waals surface area contributed by atoms with E-state index in [2.05, 4.69) is 0 Å². The number of hydrogen-bond acceptors (Lipinski definition) is 0. The number of hydrogen-bond donors (Lipinski definition) is 0. The van der Waals surface area contributed by atoms with Crippen LogP contribution in [0.15, 0.2) is 0 Å². The number of rotatable bonds is 3. The van der Waals surface area contributed by atoms with Crippen LogP contribution < -0.4 is 0 Å². The molecule has 0 radical (unpaired) electrons. The molecule has 0 aromatic rings. The zero-order valence-electron chi connectivity index (χ0n) is 8.76. The van der Waals surface area contributed by atoms with Crippen molar-refractivity contribution in [1.29, 1.82) is 0 Å². The summed E-state index contributed by atoms with van der Waals surface area (Å²) in [6, 6.07) is 0. The molecule has 0 saturated carbocycles. The second-order valence-corrected chi connectivity index (χ2v) is 4.26. The van der Waals surface area contributed by atoms with Gasteiger partial charge in [0, 0.05) is 0 Å². The van der Waals surface area contributed by atoms with Crippen LogP contribution in [-0.2, 0) is 0 Å². The fourth-order valence-corrected chi connectivity index (χ4v) is 1.02. The lowest BCUT2D eigenvalue weighted by atomic mass is 9.82. The summed E-state index contributed by atoms with van der Waals surface area (Å²) >= 11 is 0. The number of alkyl halides is 6. The molecular formula is C9H14F6. The molecule has 0 aromatic carbocycles. The summed E-state index contributed by atoms with van der Waals surface area (Å²) in [5.41, 5.74) is -3.59. The fourth-order valence-electron chi connectivity index (χ4n) is 1.02. The van der Waals surface area contributed by atoms with E-state index < -0.39 is 24.2 Å². The Balaban J connectivity index is 4.90. The molecular weight excluding hydrogens is 222 g/mol. The molecule has 0 rings (SSSR count). The summed E-state index contributed by atoms with van der Waals surface area (Å²) in [6.07, 6.45) is -11.5. The van der Waals surface area contributed by atoms with Gasteiger partial charge in [-0.05, 0) is 25.7 Å². The first-order chi connectivity index (χ1) is 6.42. The Kier molecular flexibility index (Phi) is 4.10. The maximum Gasteiger partial charge on any atom is 0.402 e. The second-order valence-electron chi connectivity index (χ2n) is 4.26. The normalized spacial score (nSPS) is 14.8. The third kappa shape index (κ3) is 3.28. The van der Waals surface area contributed by atoms with E-state index in [9.17, 15) is 26.3 Å². The molecule has 0 atom stereocenters. The molecule has 0 aromatic heterocycles. The Morgan fingerprint density at radius 2 is 1.20 bits per heavy atom. The second kappa shape index (κ2) is 4.22. The summed E-state index contributed by atoms with van der Waals surface area (Å²) in [4.78, 5) is 0. The van der Waals surface area contributed by atoms with E-state index in [1.807, 2.05) is 0 Å². The molecule has 0 bridgehead atoms. The molecule has 0 aliphatic rings. The number of halogens is 6. The van der Waals surface area contributed by atoms with E-state index >= 15 is 0 Å². The van der Waals surface area contributed by atoms with E-state index in [1.54, 1.807) is 13.8 Å². The lowest BCUT2D eigenvalue weighted by Crippen LogP contribution is -2.47. The summed E-state index contributed by atoms with van der Waals surface area (Å²) in [5.74, 6) is -0.186. The molecule has 0 nitrogen and oxygen atoms in total. The standard InChI is InChI=1S/C9H14F6/c1-6(2)4-5-7(3,8(10,11)12)9(13,14)15/h6H,4-5H2,1-3H3. The van der Waals surface area contributed by atoms with Crippen molar-refractivity contribution in [2.75, 3.05) is 0 Å². The van der Waals surface area contributed by atoms with Crippen LogP contribution in [0.3, 0.4) is 0 Å². The van der Waals surface area contributed by atoms with Gasteiger partial charge in [-0.25, -0.2) is 0 Å². The minimum atomic E-state index is -5.25. The van der Waals surface area contributed by atoms with Gasteiger partial charge in [0.2, 0.25) is 0 Å². The highest BCUT2D eigenvalue weighted by atomic mass is 19.4. The van der Waals surface area contributed by atoms with Crippen molar-refractivity contribution in [3.63, 3.8) is 0 Å². The quantitative estimate of drug-likeness (QED) is 0.630. The van der Waals surface area contributed by atoms with Gasteiger partial charge in [-0.1, -0.05) is 13.8 Å². The molecule has 0 aliphatic heterocycles. The van der Waals surface area contributed by atoms with Crippen molar-refractivity contribution in [2.24, 2.45) is 11.3 Å². The highest BCUT2D eigenvalue weighted by Crippen LogP contribution is 2.53. The molecule has 0 N–H and O–H groups in total. The molecule has 0 fully saturated rings. The molecule has 92 valence electrons. The van der Waals surface area contributed by atoms with E-state index in [1.165, 1.54) is 0 Å². The average Bonchev–Trinajstić information content (AvgIpc) is 1.95. The van der Waals surface area contributed by atoms with Crippen molar-refractivity contribution in [3.8, 4) is 0 Å². The lowest BCUT2D eigenvalue weighted by Gasteiger charge is -2.34. The van der Waals surface area contributed by atoms with E-state index in [4.69, 9.17) is 0 Å². The van der Waals surface area contributed by atoms with Gasteiger partial charge in [0.05, 0.1) is 0 Å². The lowest BCUT2D eigenvalue weighted by molar-refractivity contribution is -0.337. The van der Waals surface area contributed by atoms with Crippen LogP contribution in [-0.4, -0.2) is 12.4 Å². The van der Waals surface area contributed by atoms with Crippen LogP contribution in [0.25, 0.3) is 0 Å². The van der Waals surface area contributed by atoms with Crippen molar-refractivity contribution in [3.05, 3.63) is 0 Å². The Morgan fingerprint density at radius 1 is 0.867 bits per heavy atom. The van der Waals surface area contributed by atoms with Crippen LogP contribution in [0.1, 0.15) is 33.6 Å². The Morgan fingerprint density at radius 3 is 1.40 bits per heavy atom. The predicted octanol–water partition coefficient (Wildman–Crippen LogP) is 4.55. The average molecular weight is 236 g/mol. The SMILES string of the molecule is CC(C)CCC(C)(C(F)(F)F)C(F)(F)F. The third-order valence-corrected chi connectivity index (χ3v) is 2.47. The minimum Gasteiger partial charge on any atom is -0.170 e. The smallest absolute Gasteiger partial charge is 0.170 e. The van der Waals surface area contributed by atoms with Gasteiger partial charge in [0.15, 0.2) is 5.41 Å². The summed E-state index contributed by atoms with van der Waals surface area (Å²) < 4.78 is 74.0. The molecule has 0 unspecified atom stereocenters. The van der Waals surface area contributed by atoms with Gasteiger partial charge in [0.25, 0.3) is 0 Å². The Labute approximate surface area is 84.7 Å². The van der Waals surface area contributed by atoms with E-state index in [0.717, 1.165) is 0 Å². The maximum atomic E-state index is 12.3. The van der Waals surface area contributed by atoms with Gasteiger partial charge >= 0.3 is 12.4 Å². The largest absolute Gasteiger partial charge is 0.402 e. The van der Waals surface area contributed by atoms with Gasteiger partial charge in [-0.3, -0.25) is 0 Å². The molecule has 0 aliphatic carbocycles. The van der Waals surface area contributed by atoms with Crippen molar-refractivity contribution < 1.29 is 26.3 Å². The summed E-state index contributed by atoms with van der Waals surface area (Å²) in [7, 11) is 0. The van der Waals surface area contributed by atoms with Crippen LogP contribution in [0, 0.1) is 11.3 Å². The minimum absolute atomic E-state index is 0.102. The first kappa shape index (κ1) is 14.6. The highest BCUT2D eigenvalue weighted by Gasteiger charge is 2.66. The predicted molar refractivity (Wildman–Crippen MR) is 44.3 cm³/mol. The molecule has 6 heteroatoms. The first-order valence-corrected chi connectivity index (χ1v) is 4.55. The Bertz CT molecular complexity index is 186. The van der Waals surface area contributed by atoms with Crippen LogP contribution in [0.4, 0.5) is 26.3 Å². The van der Waals surface area contributed by atoms with Crippen LogP contribution >= 0.6 is 0 Å². The molecule has 0 heterocycles. The summed E-state index contributed by atoms with van der Waals surface area (Å²) in [5, 5.41) is 0. The van der Waals surface area contributed by atoms with Crippen LogP contribution in [0.2, 0.25) is 0 Å². The zero-order valence-corrected chi connectivity index (χ0v) is 8.76. The van der Waals surface area contributed by atoms with Gasteiger partial charge < -0.3 is 0 Å². The maximum absolute atomic E-state index is 12.3. The van der Waals surface area contributed by atoms with Crippen molar-refractivity contribution in [2.45, 2.75) is 46.0 Å². The van der Waals surface area contributed by atoms with Crippen molar-refractivity contribution in [1.82, 2.24) is 0 Å². The monoisotopic (exact) mass is 236 g/mol. The van der Waals surface area contributed by atoms with Crippen molar-refractivity contribution >= 4 is 0 Å². The van der Waals surface area contributed by atoms with E-state index in [-0.39, 0.29) is 19.3 Å². The first-order valence-electron chi connectivity index (χ1n) is 4.55. The topological polar surface area (TPSA) is 0 Å². The van der Waals surface area contributed by atoms with Gasteiger partial charge in [-0.2, -0.15) is 26.3 Å². The summed E-state index contributed by atoms with van der Waals surface area (Å²) in [6.45, 7) is 3.40. The van der Waals surface area contributed by atoms with Gasteiger partial charge in [-0.15, -0.1) is 0 Å². The zero-order chi connectivity index (χ0) is 12.5. The molecule has 0 spiro atoms. The third-order valence-electron chi connectivity index (χ3n) is 2.47. The van der Waals surface area contributed by atoms with Gasteiger partial charge in [0.1, 0.15) is 0 Å². The Hall–Kier alpha value is -0.420.